The summed E-state index contributed by atoms with van der Waals surface area (Å²) in [6.07, 6.45) is 0. The number of halogens is 1. The lowest BCUT2D eigenvalue weighted by atomic mass is 10.0. The van der Waals surface area contributed by atoms with Crippen molar-refractivity contribution in [1.29, 1.82) is 0 Å². The molecule has 0 amide bonds. The van der Waals surface area contributed by atoms with E-state index in [1.807, 2.05) is 0 Å². The molecule has 0 radical (unpaired) electrons. The predicted molar refractivity (Wildman–Crippen MR) is 82.1 cm³/mol. The molecule has 0 saturated heterocycles. The minimum atomic E-state index is 0.864. The lowest BCUT2D eigenvalue weighted by Gasteiger charge is -2.11. The molecule has 0 aliphatic carbocycles. The second-order valence-electron chi connectivity index (χ2n) is 4.73. The van der Waals surface area contributed by atoms with E-state index < -0.39 is 0 Å². The molecule has 94 valence electrons. The van der Waals surface area contributed by atoms with Crippen LogP contribution in [0.2, 0.25) is 0 Å². The van der Waals surface area contributed by atoms with E-state index in [4.69, 9.17) is 0 Å². The average Bonchev–Trinajstić information content (AvgIpc) is 2.30. The molecular formula is C16H18BrN. The molecule has 2 aromatic rings. The molecule has 0 unspecified atom stereocenters. The van der Waals surface area contributed by atoms with Crippen LogP contribution in [-0.4, -0.2) is 0 Å². The molecule has 2 heteroatoms. The van der Waals surface area contributed by atoms with Crippen LogP contribution in [0.5, 0.6) is 0 Å². The summed E-state index contributed by atoms with van der Waals surface area (Å²) in [5.74, 6) is 0. The second-order valence-corrected chi connectivity index (χ2v) is 5.65. The van der Waals surface area contributed by atoms with E-state index in [0.29, 0.717) is 0 Å². The largest absolute Gasteiger partial charge is 0.381 e. The highest BCUT2D eigenvalue weighted by molar-refractivity contribution is 9.10. The molecular weight excluding hydrogens is 286 g/mol. The van der Waals surface area contributed by atoms with Gasteiger partial charge in [-0.15, -0.1) is 0 Å². The third kappa shape index (κ3) is 3.14. The summed E-state index contributed by atoms with van der Waals surface area (Å²) in [5.41, 5.74) is 6.49. The third-order valence-corrected chi connectivity index (χ3v) is 3.70. The van der Waals surface area contributed by atoms with Gasteiger partial charge < -0.3 is 5.32 Å². The monoisotopic (exact) mass is 303 g/mol. The lowest BCUT2D eigenvalue weighted by molar-refractivity contribution is 1.10. The van der Waals surface area contributed by atoms with Gasteiger partial charge in [-0.3, -0.25) is 0 Å². The van der Waals surface area contributed by atoms with Crippen LogP contribution in [0.1, 0.15) is 22.3 Å². The van der Waals surface area contributed by atoms with Crippen LogP contribution >= 0.6 is 15.9 Å². The molecule has 0 aliphatic rings. The van der Waals surface area contributed by atoms with Gasteiger partial charge in [0.25, 0.3) is 0 Å². The van der Waals surface area contributed by atoms with Gasteiger partial charge >= 0.3 is 0 Å². The summed E-state index contributed by atoms with van der Waals surface area (Å²) in [6, 6.07) is 12.8. The van der Waals surface area contributed by atoms with Crippen molar-refractivity contribution in [1.82, 2.24) is 0 Å². The summed E-state index contributed by atoms with van der Waals surface area (Å²) in [6.45, 7) is 7.30. The van der Waals surface area contributed by atoms with E-state index in [0.717, 1.165) is 16.7 Å². The number of nitrogens with one attached hydrogen (secondary N) is 1. The van der Waals surface area contributed by atoms with E-state index in [1.54, 1.807) is 0 Å². The molecule has 18 heavy (non-hydrogen) atoms. The smallest absolute Gasteiger partial charge is 0.0403 e. The van der Waals surface area contributed by atoms with Crippen LogP contribution in [0.3, 0.4) is 0 Å². The van der Waals surface area contributed by atoms with Crippen LogP contribution in [0.25, 0.3) is 0 Å². The molecule has 0 atom stereocenters. The highest BCUT2D eigenvalue weighted by atomic mass is 79.9. The summed E-state index contributed by atoms with van der Waals surface area (Å²) < 4.78 is 1.12. The van der Waals surface area contributed by atoms with Gasteiger partial charge in [-0.05, 0) is 61.2 Å². The second kappa shape index (κ2) is 5.57. The van der Waals surface area contributed by atoms with Crippen molar-refractivity contribution in [2.24, 2.45) is 0 Å². The van der Waals surface area contributed by atoms with Crippen molar-refractivity contribution < 1.29 is 0 Å². The summed E-state index contributed by atoms with van der Waals surface area (Å²) in [7, 11) is 0. The van der Waals surface area contributed by atoms with Crippen molar-refractivity contribution in [3.8, 4) is 0 Å². The van der Waals surface area contributed by atoms with Gasteiger partial charge in [0.1, 0.15) is 0 Å². The molecule has 2 aromatic carbocycles. The topological polar surface area (TPSA) is 12.0 Å². The number of hydrogen-bond acceptors (Lipinski definition) is 1. The highest BCUT2D eigenvalue weighted by Crippen LogP contribution is 2.20. The first-order chi connectivity index (χ1) is 8.56. The quantitative estimate of drug-likeness (QED) is 0.842. The summed E-state index contributed by atoms with van der Waals surface area (Å²) >= 11 is 3.53. The van der Waals surface area contributed by atoms with Crippen molar-refractivity contribution in [3.63, 3.8) is 0 Å². The molecule has 0 aliphatic heterocycles. The first-order valence-electron chi connectivity index (χ1n) is 6.12. The number of anilines is 1. The zero-order chi connectivity index (χ0) is 13.1. The van der Waals surface area contributed by atoms with E-state index >= 15 is 0 Å². The van der Waals surface area contributed by atoms with Crippen LogP contribution in [0.15, 0.2) is 40.9 Å². The highest BCUT2D eigenvalue weighted by Gasteiger charge is 2.01. The van der Waals surface area contributed by atoms with Crippen LogP contribution in [-0.2, 0) is 6.54 Å². The minimum Gasteiger partial charge on any atom is -0.381 e. The van der Waals surface area contributed by atoms with Gasteiger partial charge in [0, 0.05) is 16.7 Å². The Morgan fingerprint density at radius 2 is 1.83 bits per heavy atom. The fourth-order valence-corrected chi connectivity index (χ4v) is 2.65. The van der Waals surface area contributed by atoms with Gasteiger partial charge in [0.2, 0.25) is 0 Å². The Morgan fingerprint density at radius 1 is 1.06 bits per heavy atom. The van der Waals surface area contributed by atoms with Gasteiger partial charge in [-0.2, -0.15) is 0 Å². The SMILES string of the molecule is Cc1cc(Br)cc(NCc2cccc(C)c2C)c1. The molecule has 0 fully saturated rings. The Kier molecular flexibility index (Phi) is 4.07. The fraction of sp³-hybridized carbons (Fsp3) is 0.250. The van der Waals surface area contributed by atoms with Crippen LogP contribution < -0.4 is 5.32 Å². The number of benzene rings is 2. The number of rotatable bonds is 3. The van der Waals surface area contributed by atoms with E-state index in [9.17, 15) is 0 Å². The first kappa shape index (κ1) is 13.2. The maximum Gasteiger partial charge on any atom is 0.0403 e. The molecule has 1 nitrogen and oxygen atoms in total. The molecule has 0 heterocycles. The van der Waals surface area contributed by atoms with Crippen molar-refractivity contribution in [3.05, 3.63) is 63.1 Å². The standard InChI is InChI=1S/C16H18BrN/c1-11-7-15(17)9-16(8-11)18-10-14-6-4-5-12(2)13(14)3/h4-9,18H,10H2,1-3H3. The maximum absolute atomic E-state index is 3.53. The fourth-order valence-electron chi connectivity index (χ4n) is 2.04. The van der Waals surface area contributed by atoms with Gasteiger partial charge in [0.05, 0.1) is 0 Å². The van der Waals surface area contributed by atoms with Gasteiger partial charge in [0.15, 0.2) is 0 Å². The summed E-state index contributed by atoms with van der Waals surface area (Å²) in [5, 5.41) is 3.48. The zero-order valence-electron chi connectivity index (χ0n) is 11.0. The molecule has 0 spiro atoms. The Hall–Kier alpha value is -1.28. The van der Waals surface area contributed by atoms with Gasteiger partial charge in [-0.25, -0.2) is 0 Å². The Morgan fingerprint density at radius 3 is 2.56 bits per heavy atom. The molecule has 1 N–H and O–H groups in total. The molecule has 0 saturated carbocycles. The van der Waals surface area contributed by atoms with Crippen LogP contribution in [0.4, 0.5) is 5.69 Å². The van der Waals surface area contributed by atoms with E-state index in [2.05, 4.69) is 78.4 Å². The Bertz CT molecular complexity index is 541. The lowest BCUT2D eigenvalue weighted by Crippen LogP contribution is -2.02. The molecule has 0 bridgehead atoms. The predicted octanol–water partition coefficient (Wildman–Crippen LogP) is 4.99. The number of hydrogen-bond donors (Lipinski definition) is 1. The number of aryl methyl sites for hydroxylation is 2. The van der Waals surface area contributed by atoms with Crippen LogP contribution in [0, 0.1) is 20.8 Å². The minimum absolute atomic E-state index is 0.864. The zero-order valence-corrected chi connectivity index (χ0v) is 12.6. The van der Waals surface area contributed by atoms with Crippen molar-refractivity contribution in [2.75, 3.05) is 5.32 Å². The van der Waals surface area contributed by atoms with Crippen molar-refractivity contribution >= 4 is 21.6 Å². The van der Waals surface area contributed by atoms with E-state index in [1.165, 1.54) is 22.3 Å². The first-order valence-corrected chi connectivity index (χ1v) is 6.92. The molecule has 0 aromatic heterocycles. The van der Waals surface area contributed by atoms with E-state index in [-0.39, 0.29) is 0 Å². The average molecular weight is 304 g/mol. The Labute approximate surface area is 117 Å². The maximum atomic E-state index is 3.53. The molecule has 2 rings (SSSR count). The third-order valence-electron chi connectivity index (χ3n) is 3.24. The van der Waals surface area contributed by atoms with Crippen molar-refractivity contribution in [2.45, 2.75) is 27.3 Å². The Balaban J connectivity index is 2.14. The summed E-state index contributed by atoms with van der Waals surface area (Å²) in [4.78, 5) is 0. The normalized spacial score (nSPS) is 10.4. The van der Waals surface area contributed by atoms with Gasteiger partial charge in [-0.1, -0.05) is 34.1 Å².